The number of aliphatic hydroxyl groups excluding tert-OH is 4. The molecule has 0 heterocycles. The molecule has 260 valence electrons. The number of hydrogen-bond donors (Lipinski definition) is 4. The lowest BCUT2D eigenvalue weighted by Gasteiger charge is -2.14. The standard InChI is InChI=1S/C37H64O8/c1-4-5-16-23-32(38)24-18-13-10-11-14-19-25-34(40)35(41)26-21-28-37(43)45-30-33(39)29-44-36(42)27-20-15-9-7-6-8-12-17-22-31(2)3/h10-11,13-14,18-19,24-25,31-35,38-41H,4-9,12,15-17,20-23,26-30H2,1-3H3/b13-10-,14-11+,24-18+,25-19+/t32-,33-,34-,35-/m1/s1. The number of aliphatic hydroxyl groups is 4. The number of esters is 2. The minimum absolute atomic E-state index is 0.0312. The Balaban J connectivity index is 3.87. The first-order valence-electron chi connectivity index (χ1n) is 17.4. The highest BCUT2D eigenvalue weighted by Gasteiger charge is 2.15. The fourth-order valence-electron chi connectivity index (χ4n) is 4.53. The monoisotopic (exact) mass is 636 g/mol. The van der Waals surface area contributed by atoms with Crippen molar-refractivity contribution >= 4 is 11.9 Å². The second-order valence-electron chi connectivity index (χ2n) is 12.3. The fourth-order valence-corrected chi connectivity index (χ4v) is 4.53. The van der Waals surface area contributed by atoms with Crippen LogP contribution in [0.4, 0.5) is 0 Å². The first kappa shape index (κ1) is 42.7. The molecule has 0 fully saturated rings. The molecular weight excluding hydrogens is 572 g/mol. The van der Waals surface area contributed by atoms with Gasteiger partial charge in [-0.1, -0.05) is 140 Å². The van der Waals surface area contributed by atoms with Crippen LogP contribution >= 0.6 is 0 Å². The molecule has 0 aliphatic carbocycles. The number of rotatable bonds is 29. The fraction of sp³-hybridized carbons (Fsp3) is 0.730. The first-order chi connectivity index (χ1) is 21.6. The van der Waals surface area contributed by atoms with Crippen LogP contribution in [0.2, 0.25) is 0 Å². The van der Waals surface area contributed by atoms with Crippen LogP contribution in [-0.2, 0) is 19.1 Å². The Morgan fingerprint density at radius 3 is 1.64 bits per heavy atom. The molecule has 0 aromatic heterocycles. The zero-order chi connectivity index (χ0) is 33.5. The van der Waals surface area contributed by atoms with E-state index in [1.165, 1.54) is 44.6 Å². The number of hydrogen-bond acceptors (Lipinski definition) is 8. The number of carbonyl (C=O) groups excluding carboxylic acids is 2. The Labute approximate surface area is 273 Å². The van der Waals surface area contributed by atoms with Crippen molar-refractivity contribution in [2.45, 2.75) is 154 Å². The molecule has 0 saturated carbocycles. The van der Waals surface area contributed by atoms with E-state index in [0.29, 0.717) is 12.8 Å². The maximum absolute atomic E-state index is 11.9. The average Bonchev–Trinajstić information content (AvgIpc) is 3.00. The van der Waals surface area contributed by atoms with Crippen LogP contribution in [0, 0.1) is 5.92 Å². The lowest BCUT2D eigenvalue weighted by atomic mass is 10.0. The zero-order valence-corrected chi connectivity index (χ0v) is 28.4. The van der Waals surface area contributed by atoms with E-state index in [-0.39, 0.29) is 32.0 Å². The maximum atomic E-state index is 11.9. The van der Waals surface area contributed by atoms with Gasteiger partial charge in [0.05, 0.1) is 18.3 Å². The summed E-state index contributed by atoms with van der Waals surface area (Å²) in [4.78, 5) is 23.8. The summed E-state index contributed by atoms with van der Waals surface area (Å²) in [7, 11) is 0. The lowest BCUT2D eigenvalue weighted by molar-refractivity contribution is -0.152. The Hall–Kier alpha value is -2.26. The summed E-state index contributed by atoms with van der Waals surface area (Å²) in [6.45, 7) is 6.16. The van der Waals surface area contributed by atoms with Gasteiger partial charge in [0.2, 0.25) is 0 Å². The molecule has 0 rings (SSSR count). The van der Waals surface area contributed by atoms with Gasteiger partial charge in [-0.05, 0) is 31.6 Å². The van der Waals surface area contributed by atoms with Crippen LogP contribution in [-0.4, -0.2) is 70.0 Å². The number of allylic oxidation sites excluding steroid dienone is 6. The summed E-state index contributed by atoms with van der Waals surface area (Å²) in [6, 6.07) is 0. The van der Waals surface area contributed by atoms with Crippen molar-refractivity contribution in [3.05, 3.63) is 48.6 Å². The second kappa shape index (κ2) is 30.4. The van der Waals surface area contributed by atoms with Crippen molar-refractivity contribution in [3.8, 4) is 0 Å². The zero-order valence-electron chi connectivity index (χ0n) is 28.4. The summed E-state index contributed by atoms with van der Waals surface area (Å²) in [5, 5.41) is 40.0. The molecule has 0 aliphatic heterocycles. The van der Waals surface area contributed by atoms with Gasteiger partial charge in [-0.15, -0.1) is 0 Å². The van der Waals surface area contributed by atoms with Crippen molar-refractivity contribution in [1.29, 1.82) is 0 Å². The highest BCUT2D eigenvalue weighted by Crippen LogP contribution is 2.13. The van der Waals surface area contributed by atoms with E-state index in [9.17, 15) is 30.0 Å². The first-order valence-corrected chi connectivity index (χ1v) is 17.4. The maximum Gasteiger partial charge on any atom is 0.305 e. The van der Waals surface area contributed by atoms with Gasteiger partial charge in [0.25, 0.3) is 0 Å². The molecule has 8 nitrogen and oxygen atoms in total. The van der Waals surface area contributed by atoms with E-state index >= 15 is 0 Å². The molecular formula is C37H64O8. The average molecular weight is 637 g/mol. The minimum Gasteiger partial charge on any atom is -0.463 e. The Morgan fingerprint density at radius 1 is 0.578 bits per heavy atom. The van der Waals surface area contributed by atoms with Crippen LogP contribution in [0.3, 0.4) is 0 Å². The molecule has 4 N–H and O–H groups in total. The predicted molar refractivity (Wildman–Crippen MR) is 182 cm³/mol. The molecule has 0 spiro atoms. The summed E-state index contributed by atoms with van der Waals surface area (Å²) >= 11 is 0. The normalized spacial score (nSPS) is 15.0. The van der Waals surface area contributed by atoms with E-state index in [2.05, 4.69) is 20.8 Å². The predicted octanol–water partition coefficient (Wildman–Crippen LogP) is 7.05. The van der Waals surface area contributed by atoms with Crippen LogP contribution in [0.25, 0.3) is 0 Å². The largest absolute Gasteiger partial charge is 0.463 e. The third kappa shape index (κ3) is 30.2. The number of ether oxygens (including phenoxy) is 2. The summed E-state index contributed by atoms with van der Waals surface area (Å²) in [6.07, 6.45) is 25.5. The van der Waals surface area contributed by atoms with E-state index in [4.69, 9.17) is 9.47 Å². The highest BCUT2D eigenvalue weighted by atomic mass is 16.6. The molecule has 0 aliphatic rings. The summed E-state index contributed by atoms with van der Waals surface area (Å²) < 4.78 is 10.1. The van der Waals surface area contributed by atoms with Crippen molar-refractivity contribution in [2.24, 2.45) is 5.92 Å². The van der Waals surface area contributed by atoms with Gasteiger partial charge in [-0.25, -0.2) is 0 Å². The van der Waals surface area contributed by atoms with E-state index in [0.717, 1.165) is 50.9 Å². The van der Waals surface area contributed by atoms with Crippen LogP contribution in [0.5, 0.6) is 0 Å². The number of unbranched alkanes of at least 4 members (excludes halogenated alkanes) is 9. The van der Waals surface area contributed by atoms with Gasteiger partial charge in [0, 0.05) is 12.8 Å². The molecule has 0 amide bonds. The molecule has 0 saturated heterocycles. The van der Waals surface area contributed by atoms with Crippen molar-refractivity contribution in [2.75, 3.05) is 13.2 Å². The third-order valence-corrected chi connectivity index (χ3v) is 7.36. The quantitative estimate of drug-likeness (QED) is 0.0390. The molecule has 0 aromatic rings. The van der Waals surface area contributed by atoms with Gasteiger partial charge in [-0.3, -0.25) is 9.59 Å². The lowest BCUT2D eigenvalue weighted by Crippen LogP contribution is -2.26. The van der Waals surface area contributed by atoms with Gasteiger partial charge in [0.15, 0.2) is 0 Å². The molecule has 0 unspecified atom stereocenters. The van der Waals surface area contributed by atoms with E-state index < -0.39 is 30.4 Å². The summed E-state index contributed by atoms with van der Waals surface area (Å²) in [5.41, 5.74) is 0. The van der Waals surface area contributed by atoms with Gasteiger partial charge < -0.3 is 29.9 Å². The van der Waals surface area contributed by atoms with Gasteiger partial charge in [-0.2, -0.15) is 0 Å². The number of carbonyl (C=O) groups is 2. The molecule has 0 aromatic carbocycles. The molecule has 0 radical (unpaired) electrons. The van der Waals surface area contributed by atoms with Crippen molar-refractivity contribution in [1.82, 2.24) is 0 Å². The Morgan fingerprint density at radius 2 is 1.07 bits per heavy atom. The van der Waals surface area contributed by atoms with Crippen LogP contribution < -0.4 is 0 Å². The summed E-state index contributed by atoms with van der Waals surface area (Å²) in [5.74, 6) is -0.106. The molecule has 45 heavy (non-hydrogen) atoms. The smallest absolute Gasteiger partial charge is 0.305 e. The SMILES string of the molecule is CCCCC[C@@H](O)/C=C/C=C\C=C\C=C\[C@@H](O)[C@H](O)CCCC(=O)OC[C@H](O)COC(=O)CCCCCCCCCCC(C)C. The second-order valence-corrected chi connectivity index (χ2v) is 12.3. The molecule has 0 bridgehead atoms. The Bertz CT molecular complexity index is 832. The van der Waals surface area contributed by atoms with Crippen LogP contribution in [0.15, 0.2) is 48.6 Å². The van der Waals surface area contributed by atoms with Crippen molar-refractivity contribution in [3.63, 3.8) is 0 Å². The van der Waals surface area contributed by atoms with Crippen molar-refractivity contribution < 1.29 is 39.5 Å². The highest BCUT2D eigenvalue weighted by molar-refractivity contribution is 5.69. The van der Waals surface area contributed by atoms with Gasteiger partial charge in [0.1, 0.15) is 19.3 Å². The molecule has 4 atom stereocenters. The van der Waals surface area contributed by atoms with Gasteiger partial charge >= 0.3 is 11.9 Å². The molecule has 8 heteroatoms. The van der Waals surface area contributed by atoms with Crippen LogP contribution in [0.1, 0.15) is 130 Å². The topological polar surface area (TPSA) is 134 Å². The third-order valence-electron chi connectivity index (χ3n) is 7.36. The minimum atomic E-state index is -1.09. The van der Waals surface area contributed by atoms with E-state index in [1.54, 1.807) is 36.5 Å². The Kier molecular flexibility index (Phi) is 28.9. The van der Waals surface area contributed by atoms with E-state index in [1.807, 2.05) is 6.08 Å².